The molecule has 4 heteroatoms. The Bertz CT molecular complexity index is 1580. The van der Waals surface area contributed by atoms with Crippen LogP contribution in [0.5, 0.6) is 0 Å². The maximum Gasteiger partial charge on any atom is 0.247 e. The van der Waals surface area contributed by atoms with E-state index in [1.165, 1.54) is 6.07 Å². The first-order valence-corrected chi connectivity index (χ1v) is 11.9. The second-order valence-corrected chi connectivity index (χ2v) is 8.60. The van der Waals surface area contributed by atoms with Gasteiger partial charge in [0.2, 0.25) is 5.91 Å². The van der Waals surface area contributed by atoms with Gasteiger partial charge in [-0.15, -0.1) is 0 Å². The number of benzene rings is 4. The predicted molar refractivity (Wildman–Crippen MR) is 144 cm³/mol. The molecule has 4 nitrogen and oxygen atoms in total. The molecule has 0 aliphatic carbocycles. The van der Waals surface area contributed by atoms with Crippen LogP contribution in [-0.2, 0) is 17.8 Å². The lowest BCUT2D eigenvalue weighted by Crippen LogP contribution is -2.25. The zero-order chi connectivity index (χ0) is 24.7. The lowest BCUT2D eigenvalue weighted by molar-refractivity contribution is -0.117. The average Bonchev–Trinajstić information content (AvgIpc) is 2.93. The summed E-state index contributed by atoms with van der Waals surface area (Å²) in [6.07, 6.45) is 2.46. The van der Waals surface area contributed by atoms with E-state index in [1.54, 1.807) is 12.1 Å². The summed E-state index contributed by atoms with van der Waals surface area (Å²) in [6, 6.07) is 36.2. The van der Waals surface area contributed by atoms with Gasteiger partial charge in [0.15, 0.2) is 5.43 Å². The van der Waals surface area contributed by atoms with Crippen molar-refractivity contribution in [3.8, 4) is 11.3 Å². The third-order valence-corrected chi connectivity index (χ3v) is 5.97. The van der Waals surface area contributed by atoms with Crippen LogP contribution in [-0.4, -0.2) is 5.91 Å². The second kappa shape index (κ2) is 10.7. The van der Waals surface area contributed by atoms with Crippen LogP contribution in [0.25, 0.3) is 28.4 Å². The molecule has 1 heterocycles. The Kier molecular flexibility index (Phi) is 6.86. The highest BCUT2D eigenvalue weighted by Crippen LogP contribution is 2.23. The van der Waals surface area contributed by atoms with Gasteiger partial charge in [0.1, 0.15) is 11.3 Å². The van der Waals surface area contributed by atoms with Crippen molar-refractivity contribution in [3.05, 3.63) is 148 Å². The lowest BCUT2D eigenvalue weighted by Gasteiger charge is -2.11. The Labute approximate surface area is 209 Å². The van der Waals surface area contributed by atoms with E-state index < -0.39 is 0 Å². The summed E-state index contributed by atoms with van der Waals surface area (Å²) < 4.78 is 5.98. The highest BCUT2D eigenvalue weighted by Gasteiger charge is 2.12. The standard InChI is InChI=1S/C32H25NO3/c34-29-21-31(36-30-17-8-7-16-28(29)30)26-15-9-14-25(20-26)22-33-32(35)27(18-23-10-3-1-4-11-23)19-24-12-5-2-6-13-24/h1-18,20-21H,19,22H2,(H,33,35). The first-order chi connectivity index (χ1) is 17.7. The van der Waals surface area contributed by atoms with E-state index in [0.29, 0.717) is 35.3 Å². The lowest BCUT2D eigenvalue weighted by atomic mass is 10.0. The fourth-order valence-electron chi connectivity index (χ4n) is 4.14. The summed E-state index contributed by atoms with van der Waals surface area (Å²) >= 11 is 0. The van der Waals surface area contributed by atoms with Crippen molar-refractivity contribution in [2.24, 2.45) is 0 Å². The van der Waals surface area contributed by atoms with Crippen molar-refractivity contribution >= 4 is 23.0 Å². The van der Waals surface area contributed by atoms with Crippen molar-refractivity contribution < 1.29 is 9.21 Å². The van der Waals surface area contributed by atoms with Crippen molar-refractivity contribution in [1.29, 1.82) is 0 Å². The quantitative estimate of drug-likeness (QED) is 0.279. The van der Waals surface area contributed by atoms with Gasteiger partial charge in [0, 0.05) is 30.2 Å². The van der Waals surface area contributed by atoms with Gasteiger partial charge in [-0.25, -0.2) is 0 Å². The maximum atomic E-state index is 13.2. The third kappa shape index (κ3) is 5.50. The number of hydrogen-bond acceptors (Lipinski definition) is 3. The summed E-state index contributed by atoms with van der Waals surface area (Å²) in [5.74, 6) is 0.381. The van der Waals surface area contributed by atoms with E-state index in [0.717, 1.165) is 22.3 Å². The Morgan fingerprint density at radius 2 is 1.44 bits per heavy atom. The first kappa shape index (κ1) is 23.1. The summed E-state index contributed by atoms with van der Waals surface area (Å²) in [5.41, 5.74) is 4.90. The van der Waals surface area contributed by atoms with Crippen LogP contribution in [0, 0.1) is 0 Å². The third-order valence-electron chi connectivity index (χ3n) is 5.97. The zero-order valence-electron chi connectivity index (χ0n) is 19.7. The Morgan fingerprint density at radius 1 is 0.750 bits per heavy atom. The molecule has 0 saturated carbocycles. The summed E-state index contributed by atoms with van der Waals surface area (Å²) in [5, 5.41) is 3.62. The van der Waals surface area contributed by atoms with Gasteiger partial charge in [-0.05, 0) is 41.0 Å². The number of carbonyl (C=O) groups excluding carboxylic acids is 1. The molecular weight excluding hydrogens is 446 g/mol. The molecule has 1 aromatic heterocycles. The van der Waals surface area contributed by atoms with Crippen molar-refractivity contribution in [3.63, 3.8) is 0 Å². The number of carbonyl (C=O) groups is 1. The van der Waals surface area contributed by atoms with Gasteiger partial charge in [-0.2, -0.15) is 0 Å². The van der Waals surface area contributed by atoms with E-state index >= 15 is 0 Å². The number of para-hydroxylation sites is 1. The van der Waals surface area contributed by atoms with Crippen LogP contribution < -0.4 is 10.7 Å². The largest absolute Gasteiger partial charge is 0.456 e. The molecule has 0 spiro atoms. The van der Waals surface area contributed by atoms with Crippen LogP contribution in [0.15, 0.2) is 130 Å². The van der Waals surface area contributed by atoms with E-state index in [4.69, 9.17) is 4.42 Å². The van der Waals surface area contributed by atoms with E-state index in [2.05, 4.69) is 5.32 Å². The molecular formula is C32H25NO3. The molecule has 0 aliphatic heterocycles. The molecule has 0 bridgehead atoms. The number of hydrogen-bond donors (Lipinski definition) is 1. The maximum absolute atomic E-state index is 13.2. The molecule has 5 rings (SSSR count). The minimum Gasteiger partial charge on any atom is -0.456 e. The second-order valence-electron chi connectivity index (χ2n) is 8.60. The summed E-state index contributed by atoms with van der Waals surface area (Å²) in [6.45, 7) is 0.353. The van der Waals surface area contributed by atoms with E-state index in [-0.39, 0.29) is 11.3 Å². The van der Waals surface area contributed by atoms with Gasteiger partial charge in [0.05, 0.1) is 5.39 Å². The Hall–Kier alpha value is -4.70. The fraction of sp³-hybridized carbons (Fsp3) is 0.0625. The molecule has 5 aromatic rings. The molecule has 36 heavy (non-hydrogen) atoms. The Morgan fingerprint density at radius 3 is 2.25 bits per heavy atom. The zero-order valence-corrected chi connectivity index (χ0v) is 19.7. The monoisotopic (exact) mass is 471 g/mol. The molecule has 0 aliphatic rings. The van der Waals surface area contributed by atoms with Gasteiger partial charge in [0.25, 0.3) is 0 Å². The van der Waals surface area contributed by atoms with E-state index in [1.807, 2.05) is 103 Å². The summed E-state index contributed by atoms with van der Waals surface area (Å²) in [4.78, 5) is 25.8. The average molecular weight is 472 g/mol. The fourth-order valence-corrected chi connectivity index (χ4v) is 4.14. The smallest absolute Gasteiger partial charge is 0.247 e. The SMILES string of the molecule is O=C(NCc1cccc(-c2cc(=O)c3ccccc3o2)c1)C(=Cc1ccccc1)Cc1ccccc1. The summed E-state index contributed by atoms with van der Waals surface area (Å²) in [7, 11) is 0. The van der Waals surface area contributed by atoms with Gasteiger partial charge in [-0.1, -0.05) is 91.0 Å². The van der Waals surface area contributed by atoms with Crippen LogP contribution in [0.2, 0.25) is 0 Å². The van der Waals surface area contributed by atoms with Crippen molar-refractivity contribution in [1.82, 2.24) is 5.32 Å². The van der Waals surface area contributed by atoms with Gasteiger partial charge < -0.3 is 9.73 Å². The molecule has 0 fully saturated rings. The molecule has 1 N–H and O–H groups in total. The minimum absolute atomic E-state index is 0.0813. The van der Waals surface area contributed by atoms with Crippen LogP contribution in [0.1, 0.15) is 16.7 Å². The number of nitrogens with one attached hydrogen (secondary N) is 1. The highest BCUT2D eigenvalue weighted by molar-refractivity contribution is 5.98. The first-order valence-electron chi connectivity index (χ1n) is 11.9. The molecule has 4 aromatic carbocycles. The molecule has 0 radical (unpaired) electrons. The van der Waals surface area contributed by atoms with Crippen molar-refractivity contribution in [2.75, 3.05) is 0 Å². The molecule has 0 unspecified atom stereocenters. The van der Waals surface area contributed by atoms with Gasteiger partial charge >= 0.3 is 0 Å². The van der Waals surface area contributed by atoms with Crippen LogP contribution in [0.3, 0.4) is 0 Å². The number of rotatable bonds is 7. The highest BCUT2D eigenvalue weighted by atomic mass is 16.3. The molecule has 176 valence electrons. The minimum atomic E-state index is -0.120. The van der Waals surface area contributed by atoms with Gasteiger partial charge in [-0.3, -0.25) is 9.59 Å². The Balaban J connectivity index is 1.36. The predicted octanol–water partition coefficient (Wildman–Crippen LogP) is 6.40. The van der Waals surface area contributed by atoms with Crippen molar-refractivity contribution in [2.45, 2.75) is 13.0 Å². The number of fused-ring (bicyclic) bond motifs is 1. The normalized spacial score (nSPS) is 11.4. The molecule has 0 saturated heterocycles. The number of amides is 1. The topological polar surface area (TPSA) is 59.3 Å². The molecule has 0 atom stereocenters. The molecule has 1 amide bonds. The van der Waals surface area contributed by atoms with Crippen LogP contribution >= 0.6 is 0 Å². The van der Waals surface area contributed by atoms with Crippen LogP contribution in [0.4, 0.5) is 0 Å². The van der Waals surface area contributed by atoms with E-state index in [9.17, 15) is 9.59 Å².